The summed E-state index contributed by atoms with van der Waals surface area (Å²) in [5.74, 6) is 0.376. The maximum Gasteiger partial charge on any atom is 0.292 e. The van der Waals surface area contributed by atoms with E-state index < -0.39 is 0 Å². The van der Waals surface area contributed by atoms with E-state index in [1.54, 1.807) is 6.07 Å². The normalized spacial score (nSPS) is 19.0. The fourth-order valence-corrected chi connectivity index (χ4v) is 3.52. The van der Waals surface area contributed by atoms with E-state index >= 15 is 0 Å². The van der Waals surface area contributed by atoms with Crippen LogP contribution in [0.1, 0.15) is 42.1 Å². The second-order valence-electron chi connectivity index (χ2n) is 7.35. The van der Waals surface area contributed by atoms with E-state index in [0.717, 1.165) is 25.1 Å². The number of rotatable bonds is 4. The number of carbonyl (C=O) groups excluding carboxylic acids is 1. The van der Waals surface area contributed by atoms with E-state index in [0.29, 0.717) is 30.5 Å². The lowest BCUT2D eigenvalue weighted by atomic mass is 10.0. The summed E-state index contributed by atoms with van der Waals surface area (Å²) in [7, 11) is 0. The molecular formula is C20H26FN3O2. The first-order valence-corrected chi connectivity index (χ1v) is 9.15. The zero-order valence-electron chi connectivity index (χ0n) is 15.6. The highest BCUT2D eigenvalue weighted by molar-refractivity contribution is 5.91. The van der Waals surface area contributed by atoms with E-state index in [1.165, 1.54) is 12.1 Å². The lowest BCUT2D eigenvalue weighted by Crippen LogP contribution is -2.45. The van der Waals surface area contributed by atoms with Crippen LogP contribution in [0.25, 0.3) is 0 Å². The van der Waals surface area contributed by atoms with Crippen LogP contribution in [0.3, 0.4) is 0 Å². The van der Waals surface area contributed by atoms with Crippen LogP contribution in [0.4, 0.5) is 4.39 Å². The Bertz CT molecular complexity index is 742. The van der Waals surface area contributed by atoms with Crippen LogP contribution in [-0.4, -0.2) is 46.5 Å². The minimum absolute atomic E-state index is 0.0973. The van der Waals surface area contributed by atoms with Gasteiger partial charge < -0.3 is 9.42 Å². The van der Waals surface area contributed by atoms with Gasteiger partial charge in [-0.2, -0.15) is 0 Å². The lowest BCUT2D eigenvalue weighted by molar-refractivity contribution is 0.0662. The Kier molecular flexibility index (Phi) is 5.71. The Morgan fingerprint density at radius 3 is 2.65 bits per heavy atom. The molecule has 2 aromatic rings. The Morgan fingerprint density at radius 2 is 2.04 bits per heavy atom. The third-order valence-electron chi connectivity index (χ3n) is 4.94. The first kappa shape index (κ1) is 18.6. The summed E-state index contributed by atoms with van der Waals surface area (Å²) < 4.78 is 18.3. The van der Waals surface area contributed by atoms with Crippen LogP contribution >= 0.6 is 0 Å². The molecule has 0 unspecified atom stereocenters. The zero-order valence-corrected chi connectivity index (χ0v) is 15.6. The Morgan fingerprint density at radius 1 is 1.31 bits per heavy atom. The minimum atomic E-state index is -0.218. The molecule has 6 heteroatoms. The van der Waals surface area contributed by atoms with Crippen LogP contribution in [0.15, 0.2) is 34.9 Å². The second-order valence-corrected chi connectivity index (χ2v) is 7.35. The van der Waals surface area contributed by atoms with Gasteiger partial charge in [0.1, 0.15) is 5.82 Å². The van der Waals surface area contributed by atoms with Gasteiger partial charge in [-0.1, -0.05) is 31.1 Å². The largest absolute Gasteiger partial charge is 0.351 e. The summed E-state index contributed by atoms with van der Waals surface area (Å²) in [6, 6.07) is 8.58. The van der Waals surface area contributed by atoms with Crippen molar-refractivity contribution < 1.29 is 13.7 Å². The van der Waals surface area contributed by atoms with E-state index in [9.17, 15) is 9.18 Å². The molecule has 5 nitrogen and oxygen atoms in total. The summed E-state index contributed by atoms with van der Waals surface area (Å²) in [5, 5.41) is 3.82. The molecule has 1 amide bonds. The third kappa shape index (κ3) is 4.30. The average molecular weight is 359 g/mol. The summed E-state index contributed by atoms with van der Waals surface area (Å²) in [6.07, 6.45) is 0.892. The van der Waals surface area contributed by atoms with Gasteiger partial charge in [0.25, 0.3) is 5.91 Å². The SMILES string of the molecule is Cc1cc(C(=O)N2CCCN(Cc3ccc(F)cc3)[C@H](C(C)C)C2)on1. The summed E-state index contributed by atoms with van der Waals surface area (Å²) in [5.41, 5.74) is 1.80. The molecule has 1 aromatic carbocycles. The van der Waals surface area contributed by atoms with Crippen molar-refractivity contribution >= 4 is 5.91 Å². The van der Waals surface area contributed by atoms with Gasteiger partial charge in [-0.25, -0.2) is 4.39 Å². The van der Waals surface area contributed by atoms with Crippen molar-refractivity contribution in [3.05, 3.63) is 53.2 Å². The van der Waals surface area contributed by atoms with Gasteiger partial charge in [-0.15, -0.1) is 0 Å². The van der Waals surface area contributed by atoms with Gasteiger partial charge in [0.05, 0.1) is 5.69 Å². The molecule has 0 bridgehead atoms. The number of benzene rings is 1. The van der Waals surface area contributed by atoms with Crippen LogP contribution in [0, 0.1) is 18.7 Å². The van der Waals surface area contributed by atoms with Crippen molar-refractivity contribution in [2.75, 3.05) is 19.6 Å². The van der Waals surface area contributed by atoms with Crippen molar-refractivity contribution in [1.29, 1.82) is 0 Å². The lowest BCUT2D eigenvalue weighted by Gasteiger charge is -2.34. The van der Waals surface area contributed by atoms with Gasteiger partial charge in [-0.3, -0.25) is 9.69 Å². The van der Waals surface area contributed by atoms with E-state index in [-0.39, 0.29) is 17.8 Å². The topological polar surface area (TPSA) is 49.6 Å². The maximum atomic E-state index is 13.2. The average Bonchev–Trinajstić information content (AvgIpc) is 2.93. The van der Waals surface area contributed by atoms with Crippen molar-refractivity contribution in [2.24, 2.45) is 5.92 Å². The number of halogens is 1. The molecule has 1 saturated heterocycles. The quantitative estimate of drug-likeness (QED) is 0.838. The monoisotopic (exact) mass is 359 g/mol. The van der Waals surface area contributed by atoms with Crippen molar-refractivity contribution in [2.45, 2.75) is 39.8 Å². The number of hydrogen-bond donors (Lipinski definition) is 0. The fraction of sp³-hybridized carbons (Fsp3) is 0.500. The smallest absolute Gasteiger partial charge is 0.292 e. The van der Waals surface area contributed by atoms with Gasteiger partial charge in [0.15, 0.2) is 0 Å². The highest BCUT2D eigenvalue weighted by atomic mass is 19.1. The molecule has 0 saturated carbocycles. The molecule has 3 rings (SSSR count). The number of aromatic nitrogens is 1. The van der Waals surface area contributed by atoms with Crippen LogP contribution in [-0.2, 0) is 6.54 Å². The Labute approximate surface area is 153 Å². The van der Waals surface area contributed by atoms with Crippen LogP contribution < -0.4 is 0 Å². The van der Waals surface area contributed by atoms with Gasteiger partial charge in [0.2, 0.25) is 5.76 Å². The Hall–Kier alpha value is -2.21. The first-order valence-electron chi connectivity index (χ1n) is 9.15. The molecule has 26 heavy (non-hydrogen) atoms. The van der Waals surface area contributed by atoms with E-state index in [4.69, 9.17) is 4.52 Å². The van der Waals surface area contributed by atoms with Crippen LogP contribution in [0.2, 0.25) is 0 Å². The first-order chi connectivity index (χ1) is 12.4. The molecule has 1 aromatic heterocycles. The highest BCUT2D eigenvalue weighted by Crippen LogP contribution is 2.21. The summed E-state index contributed by atoms with van der Waals surface area (Å²) >= 11 is 0. The molecule has 1 aliphatic heterocycles. The molecule has 1 aliphatic rings. The zero-order chi connectivity index (χ0) is 18.7. The molecule has 1 atom stereocenters. The fourth-order valence-electron chi connectivity index (χ4n) is 3.52. The van der Waals surface area contributed by atoms with Crippen molar-refractivity contribution in [3.63, 3.8) is 0 Å². The molecule has 2 heterocycles. The predicted octanol–water partition coefficient (Wildman–Crippen LogP) is 3.49. The third-order valence-corrected chi connectivity index (χ3v) is 4.94. The molecule has 1 fully saturated rings. The number of carbonyl (C=O) groups is 1. The predicted molar refractivity (Wildman–Crippen MR) is 97.2 cm³/mol. The number of amides is 1. The Balaban J connectivity index is 1.74. The number of aryl methyl sites for hydroxylation is 1. The highest BCUT2D eigenvalue weighted by Gasteiger charge is 2.31. The summed E-state index contributed by atoms with van der Waals surface area (Å²) in [6.45, 7) is 9.17. The minimum Gasteiger partial charge on any atom is -0.351 e. The maximum absolute atomic E-state index is 13.2. The van der Waals surface area contributed by atoms with Crippen LogP contribution in [0.5, 0.6) is 0 Å². The molecule has 140 valence electrons. The molecular weight excluding hydrogens is 333 g/mol. The van der Waals surface area contributed by atoms with Gasteiger partial charge in [0, 0.05) is 38.3 Å². The van der Waals surface area contributed by atoms with E-state index in [1.807, 2.05) is 24.0 Å². The number of hydrogen-bond acceptors (Lipinski definition) is 4. The number of nitrogens with zero attached hydrogens (tertiary/aromatic N) is 3. The van der Waals surface area contributed by atoms with Crippen molar-refractivity contribution in [3.8, 4) is 0 Å². The van der Waals surface area contributed by atoms with Gasteiger partial charge >= 0.3 is 0 Å². The van der Waals surface area contributed by atoms with Gasteiger partial charge in [-0.05, 0) is 37.0 Å². The van der Waals surface area contributed by atoms with E-state index in [2.05, 4.69) is 23.9 Å². The molecule has 0 radical (unpaired) electrons. The molecule has 0 spiro atoms. The van der Waals surface area contributed by atoms with Crippen molar-refractivity contribution in [1.82, 2.24) is 15.0 Å². The standard InChI is InChI=1S/C20H26FN3O2/c1-14(2)18-13-24(20(25)19-11-15(3)22-26-19)10-4-9-23(18)12-16-5-7-17(21)8-6-16/h5-8,11,14,18H,4,9-10,12-13H2,1-3H3/t18-/m0/s1. The molecule has 0 aliphatic carbocycles. The molecule has 0 N–H and O–H groups in total. The second kappa shape index (κ2) is 7.99. The summed E-state index contributed by atoms with van der Waals surface area (Å²) in [4.78, 5) is 17.0.